The Kier molecular flexibility index (Phi) is 3.91. The molecule has 4 nitrogen and oxygen atoms in total. The van der Waals surface area contributed by atoms with E-state index in [2.05, 4.69) is 15.3 Å². The molecule has 0 aliphatic rings. The molecule has 2 heterocycles. The van der Waals surface area contributed by atoms with Gasteiger partial charge in [-0.05, 0) is 18.2 Å². The Morgan fingerprint density at radius 2 is 2.18 bits per heavy atom. The summed E-state index contributed by atoms with van der Waals surface area (Å²) in [7, 11) is 1.86. The van der Waals surface area contributed by atoms with Crippen LogP contribution in [0.25, 0.3) is 0 Å². The van der Waals surface area contributed by atoms with Gasteiger partial charge in [0.25, 0.3) is 0 Å². The van der Waals surface area contributed by atoms with Crippen molar-refractivity contribution in [2.75, 3.05) is 19.0 Å². The molecular formula is C13H15N3O. The molecule has 0 spiro atoms. The van der Waals surface area contributed by atoms with Gasteiger partial charge >= 0.3 is 0 Å². The Morgan fingerprint density at radius 1 is 1.24 bits per heavy atom. The van der Waals surface area contributed by atoms with Crippen LogP contribution < -0.4 is 10.1 Å². The molecule has 0 aliphatic carbocycles. The average molecular weight is 229 g/mol. The standard InChI is InChI=1S/C13H15N3O/c1-14-12-5-8-15-10-13(12)17-9-6-11-4-2-3-7-16-11/h2-5,7-8,10H,6,9H2,1H3,(H,14,15). The molecule has 0 saturated carbocycles. The predicted octanol–water partition coefficient (Wildman–Crippen LogP) is 2.14. The van der Waals surface area contributed by atoms with Gasteiger partial charge in [0.15, 0.2) is 5.75 Å². The molecule has 0 saturated heterocycles. The van der Waals surface area contributed by atoms with Crippen LogP contribution in [-0.4, -0.2) is 23.6 Å². The molecule has 0 unspecified atom stereocenters. The fourth-order valence-corrected chi connectivity index (χ4v) is 1.51. The average Bonchev–Trinajstić information content (AvgIpc) is 2.40. The Morgan fingerprint density at radius 3 is 2.94 bits per heavy atom. The minimum absolute atomic E-state index is 0.595. The molecule has 17 heavy (non-hydrogen) atoms. The lowest BCUT2D eigenvalue weighted by Crippen LogP contribution is -2.04. The zero-order valence-electron chi connectivity index (χ0n) is 9.76. The molecule has 0 bridgehead atoms. The number of hydrogen-bond acceptors (Lipinski definition) is 4. The maximum absolute atomic E-state index is 5.67. The van der Waals surface area contributed by atoms with Crippen LogP contribution >= 0.6 is 0 Å². The predicted molar refractivity (Wildman–Crippen MR) is 67.2 cm³/mol. The minimum Gasteiger partial charge on any atom is -0.489 e. The number of hydrogen-bond donors (Lipinski definition) is 1. The maximum atomic E-state index is 5.67. The topological polar surface area (TPSA) is 47.0 Å². The second-order valence-electron chi connectivity index (χ2n) is 3.54. The fraction of sp³-hybridized carbons (Fsp3) is 0.231. The van der Waals surface area contributed by atoms with Crippen molar-refractivity contribution in [3.63, 3.8) is 0 Å². The normalized spacial score (nSPS) is 9.94. The van der Waals surface area contributed by atoms with Gasteiger partial charge in [0.1, 0.15) is 0 Å². The van der Waals surface area contributed by atoms with Gasteiger partial charge in [-0.25, -0.2) is 0 Å². The molecule has 0 aromatic carbocycles. The van der Waals surface area contributed by atoms with Crippen molar-refractivity contribution in [2.24, 2.45) is 0 Å². The maximum Gasteiger partial charge on any atom is 0.160 e. The lowest BCUT2D eigenvalue weighted by molar-refractivity contribution is 0.321. The van der Waals surface area contributed by atoms with Gasteiger partial charge in [-0.15, -0.1) is 0 Å². The van der Waals surface area contributed by atoms with Crippen molar-refractivity contribution >= 4 is 5.69 Å². The van der Waals surface area contributed by atoms with E-state index in [1.807, 2.05) is 31.3 Å². The Bertz CT molecular complexity index is 459. The van der Waals surface area contributed by atoms with Crippen LogP contribution in [-0.2, 0) is 6.42 Å². The van der Waals surface area contributed by atoms with Crippen LogP contribution in [0.5, 0.6) is 5.75 Å². The summed E-state index contributed by atoms with van der Waals surface area (Å²) in [6.45, 7) is 0.595. The summed E-state index contributed by atoms with van der Waals surface area (Å²) in [5, 5.41) is 3.06. The molecule has 0 atom stereocenters. The molecule has 0 amide bonds. The van der Waals surface area contributed by atoms with E-state index in [4.69, 9.17) is 4.74 Å². The lowest BCUT2D eigenvalue weighted by atomic mass is 10.3. The highest BCUT2D eigenvalue weighted by atomic mass is 16.5. The molecule has 0 fully saturated rings. The van der Waals surface area contributed by atoms with Crippen molar-refractivity contribution in [3.8, 4) is 5.75 Å². The Hall–Kier alpha value is -2.10. The van der Waals surface area contributed by atoms with E-state index in [9.17, 15) is 0 Å². The summed E-state index contributed by atoms with van der Waals surface area (Å²) in [5.74, 6) is 0.769. The number of aromatic nitrogens is 2. The molecule has 4 heteroatoms. The van der Waals surface area contributed by atoms with Crippen molar-refractivity contribution in [2.45, 2.75) is 6.42 Å². The molecule has 2 aromatic heterocycles. The molecule has 2 rings (SSSR count). The Labute approximate surface area is 101 Å². The van der Waals surface area contributed by atoms with Crippen LogP contribution in [0.4, 0.5) is 5.69 Å². The van der Waals surface area contributed by atoms with Crippen molar-refractivity contribution in [1.29, 1.82) is 0 Å². The summed E-state index contributed by atoms with van der Waals surface area (Å²) in [5.41, 5.74) is 1.98. The van der Waals surface area contributed by atoms with E-state index >= 15 is 0 Å². The molecule has 88 valence electrons. The largest absolute Gasteiger partial charge is 0.489 e. The highest BCUT2D eigenvalue weighted by molar-refractivity contribution is 5.53. The zero-order valence-corrected chi connectivity index (χ0v) is 9.76. The first kappa shape index (κ1) is 11.4. The van der Waals surface area contributed by atoms with Gasteiger partial charge in [-0.2, -0.15) is 0 Å². The molecule has 0 aliphatic heterocycles. The first-order valence-corrected chi connectivity index (χ1v) is 5.54. The number of rotatable bonds is 5. The highest BCUT2D eigenvalue weighted by Crippen LogP contribution is 2.21. The van der Waals surface area contributed by atoms with E-state index in [0.717, 1.165) is 23.6 Å². The van der Waals surface area contributed by atoms with Crippen LogP contribution in [0, 0.1) is 0 Å². The van der Waals surface area contributed by atoms with Gasteiger partial charge in [0.2, 0.25) is 0 Å². The second kappa shape index (κ2) is 5.84. The SMILES string of the molecule is CNc1ccncc1OCCc1ccccn1. The third-order valence-corrected chi connectivity index (χ3v) is 2.40. The van der Waals surface area contributed by atoms with Crippen LogP contribution in [0.1, 0.15) is 5.69 Å². The third kappa shape index (κ3) is 3.17. The van der Waals surface area contributed by atoms with Gasteiger partial charge in [0, 0.05) is 31.6 Å². The summed E-state index contributed by atoms with van der Waals surface area (Å²) < 4.78 is 5.67. The first-order valence-electron chi connectivity index (χ1n) is 5.54. The smallest absolute Gasteiger partial charge is 0.160 e. The van der Waals surface area contributed by atoms with Gasteiger partial charge in [-0.3, -0.25) is 9.97 Å². The molecule has 1 N–H and O–H groups in total. The van der Waals surface area contributed by atoms with E-state index in [1.54, 1.807) is 18.6 Å². The molecular weight excluding hydrogens is 214 g/mol. The first-order chi connectivity index (χ1) is 8.40. The van der Waals surface area contributed by atoms with E-state index in [1.165, 1.54) is 0 Å². The quantitative estimate of drug-likeness (QED) is 0.853. The number of anilines is 1. The molecule has 0 radical (unpaired) electrons. The summed E-state index contributed by atoms with van der Waals surface area (Å²) in [6, 6.07) is 7.76. The van der Waals surface area contributed by atoms with Crippen LogP contribution in [0.3, 0.4) is 0 Å². The Balaban J connectivity index is 1.90. The van der Waals surface area contributed by atoms with Gasteiger partial charge in [-0.1, -0.05) is 6.07 Å². The van der Waals surface area contributed by atoms with E-state index in [0.29, 0.717) is 6.61 Å². The van der Waals surface area contributed by atoms with Crippen LogP contribution in [0.15, 0.2) is 42.9 Å². The zero-order chi connectivity index (χ0) is 11.9. The molecule has 2 aromatic rings. The minimum atomic E-state index is 0.595. The van der Waals surface area contributed by atoms with Crippen molar-refractivity contribution in [3.05, 3.63) is 48.5 Å². The lowest BCUT2D eigenvalue weighted by Gasteiger charge is -2.09. The summed E-state index contributed by atoms with van der Waals surface area (Å²) in [4.78, 5) is 8.28. The van der Waals surface area contributed by atoms with Gasteiger partial charge in [0.05, 0.1) is 18.5 Å². The van der Waals surface area contributed by atoms with Crippen molar-refractivity contribution < 1.29 is 4.74 Å². The summed E-state index contributed by atoms with van der Waals surface area (Å²) in [6.07, 6.45) is 6.03. The van der Waals surface area contributed by atoms with E-state index < -0.39 is 0 Å². The van der Waals surface area contributed by atoms with Crippen LogP contribution in [0.2, 0.25) is 0 Å². The number of nitrogens with one attached hydrogen (secondary N) is 1. The van der Waals surface area contributed by atoms with Crippen molar-refractivity contribution in [1.82, 2.24) is 9.97 Å². The summed E-state index contributed by atoms with van der Waals surface area (Å²) >= 11 is 0. The highest BCUT2D eigenvalue weighted by Gasteiger charge is 2.01. The third-order valence-electron chi connectivity index (χ3n) is 2.40. The fourth-order valence-electron chi connectivity index (χ4n) is 1.51. The monoisotopic (exact) mass is 229 g/mol. The second-order valence-corrected chi connectivity index (χ2v) is 3.54. The number of pyridine rings is 2. The number of nitrogens with zero attached hydrogens (tertiary/aromatic N) is 2. The number of ether oxygens (including phenoxy) is 1. The van der Waals surface area contributed by atoms with Gasteiger partial charge < -0.3 is 10.1 Å². The van der Waals surface area contributed by atoms with E-state index in [-0.39, 0.29) is 0 Å².